The molecule has 13 heteroatoms. The van der Waals surface area contributed by atoms with Gasteiger partial charge in [0.1, 0.15) is 29.8 Å². The van der Waals surface area contributed by atoms with Crippen LogP contribution in [0.2, 0.25) is 5.02 Å². The molecule has 1 N–H and O–H groups in total. The van der Waals surface area contributed by atoms with Crippen LogP contribution >= 0.6 is 11.6 Å². The molecule has 0 bridgehead atoms. The zero-order valence-electron chi connectivity index (χ0n) is 27.8. The Hall–Kier alpha value is -3.19. The minimum Gasteiger partial charge on any atom is -0.461 e. The van der Waals surface area contributed by atoms with E-state index in [2.05, 4.69) is 4.90 Å². The molecule has 10 nitrogen and oxygen atoms in total. The van der Waals surface area contributed by atoms with Gasteiger partial charge in [-0.1, -0.05) is 11.6 Å². The molecule has 5 aliphatic rings. The zero-order chi connectivity index (χ0) is 33.5. The molecule has 49 heavy (non-hydrogen) atoms. The van der Waals surface area contributed by atoms with Gasteiger partial charge in [0.05, 0.1) is 28.2 Å². The van der Waals surface area contributed by atoms with Gasteiger partial charge in [0.25, 0.3) is 0 Å². The van der Waals surface area contributed by atoms with E-state index in [1.54, 1.807) is 19.3 Å². The number of anilines is 1. The first kappa shape index (κ1) is 31.8. The fourth-order valence-corrected chi connectivity index (χ4v) is 9.24. The van der Waals surface area contributed by atoms with Crippen molar-refractivity contribution in [2.24, 2.45) is 0 Å². The maximum absolute atomic E-state index is 17.3. The molecular weight excluding hydrogens is 652 g/mol. The number of halogens is 3. The van der Waals surface area contributed by atoms with E-state index in [1.807, 2.05) is 15.6 Å². The highest BCUT2D eigenvalue weighted by molar-refractivity contribution is 6.33. The predicted octanol–water partition coefficient (Wildman–Crippen LogP) is 6.72. The topological polar surface area (TPSA) is 102 Å². The van der Waals surface area contributed by atoms with E-state index in [-0.39, 0.29) is 36.0 Å². The smallest absolute Gasteiger partial charge is 0.319 e. The maximum Gasteiger partial charge on any atom is 0.319 e. The predicted molar refractivity (Wildman–Crippen MR) is 182 cm³/mol. The second kappa shape index (κ2) is 12.0. The van der Waals surface area contributed by atoms with E-state index in [0.717, 1.165) is 74.4 Å². The SMILES string of the molecule is C[C@@]1(O)CCCN(c2nc(OC[C@@]34CCCN3C[C@H](F)C4)nc3c(F)c(-c4c(C5CC5)c(Cl)cc5c4cnn5C4CCCCO4)ncc23)C1. The summed E-state index contributed by atoms with van der Waals surface area (Å²) in [6.45, 7) is 4.89. The van der Waals surface area contributed by atoms with Gasteiger partial charge in [-0.15, -0.1) is 0 Å². The van der Waals surface area contributed by atoms with Crippen LogP contribution in [0.3, 0.4) is 0 Å². The zero-order valence-corrected chi connectivity index (χ0v) is 28.6. The number of benzene rings is 1. The van der Waals surface area contributed by atoms with Gasteiger partial charge in [-0.3, -0.25) is 9.88 Å². The van der Waals surface area contributed by atoms with E-state index in [0.29, 0.717) is 60.9 Å². The molecule has 1 aliphatic carbocycles. The minimum atomic E-state index is -0.931. The van der Waals surface area contributed by atoms with Gasteiger partial charge in [0.2, 0.25) is 0 Å². The molecule has 5 fully saturated rings. The van der Waals surface area contributed by atoms with Crippen molar-refractivity contribution < 1.29 is 23.4 Å². The lowest BCUT2D eigenvalue weighted by Crippen LogP contribution is -2.46. The number of aromatic nitrogens is 5. The molecule has 4 aliphatic heterocycles. The summed E-state index contributed by atoms with van der Waals surface area (Å²) in [5.74, 6) is 0.0783. The van der Waals surface area contributed by atoms with Gasteiger partial charge in [0.15, 0.2) is 12.0 Å². The second-order valence-corrected chi connectivity index (χ2v) is 15.6. The number of ether oxygens (including phenoxy) is 2. The first-order chi connectivity index (χ1) is 23.7. The molecule has 7 heterocycles. The van der Waals surface area contributed by atoms with Gasteiger partial charge in [0, 0.05) is 54.8 Å². The van der Waals surface area contributed by atoms with Crippen molar-refractivity contribution in [3.05, 3.63) is 34.9 Å². The number of nitrogens with zero attached hydrogens (tertiary/aromatic N) is 7. The van der Waals surface area contributed by atoms with Crippen LogP contribution in [-0.4, -0.2) is 91.4 Å². The van der Waals surface area contributed by atoms with Crippen molar-refractivity contribution in [3.8, 4) is 17.3 Å². The average molecular weight is 694 g/mol. The second-order valence-electron chi connectivity index (χ2n) is 15.2. The van der Waals surface area contributed by atoms with Gasteiger partial charge < -0.3 is 19.5 Å². The van der Waals surface area contributed by atoms with Crippen LogP contribution in [0.1, 0.15) is 88.8 Å². The molecule has 4 atom stereocenters. The molecule has 0 spiro atoms. The van der Waals surface area contributed by atoms with Gasteiger partial charge in [-0.25, -0.2) is 13.5 Å². The van der Waals surface area contributed by atoms with Crippen LogP contribution in [0.25, 0.3) is 33.1 Å². The number of alkyl halides is 1. The van der Waals surface area contributed by atoms with Crippen LogP contribution in [0.15, 0.2) is 18.5 Å². The lowest BCUT2D eigenvalue weighted by atomic mass is 9.94. The third kappa shape index (κ3) is 5.53. The summed E-state index contributed by atoms with van der Waals surface area (Å²) in [6, 6.07) is 1.97. The first-order valence-electron chi connectivity index (χ1n) is 17.9. The van der Waals surface area contributed by atoms with Crippen molar-refractivity contribution in [1.29, 1.82) is 0 Å². The molecule has 0 radical (unpaired) electrons. The standard InChI is InChI=1S/C36H42ClF2N7O3/c1-35(47)9-4-11-44(19-35)33-24-16-40-32(30(39)31(24)42-34(43-33)49-20-36-10-5-12-45(36)18-22(38)15-36)29-23-17-41-46(27-6-2-3-13-48-27)26(23)14-25(37)28(29)21-7-8-21/h14,16-17,21-22,27,47H,2-13,15,18-20H2,1H3/t22-,27?,35-,36+/m1/s1. The molecule has 4 saturated heterocycles. The highest BCUT2D eigenvalue weighted by atomic mass is 35.5. The number of fused-ring (bicyclic) bond motifs is 3. The Morgan fingerprint density at radius 1 is 1.08 bits per heavy atom. The van der Waals surface area contributed by atoms with Gasteiger partial charge >= 0.3 is 6.01 Å². The molecule has 1 unspecified atom stereocenters. The number of hydrogen-bond acceptors (Lipinski definition) is 9. The fraction of sp³-hybridized carbons (Fsp3) is 0.611. The van der Waals surface area contributed by atoms with Crippen molar-refractivity contribution in [1.82, 2.24) is 29.6 Å². The molecule has 0 amide bonds. The Morgan fingerprint density at radius 3 is 2.73 bits per heavy atom. The molecule has 260 valence electrons. The summed E-state index contributed by atoms with van der Waals surface area (Å²) in [5, 5.41) is 17.5. The van der Waals surface area contributed by atoms with E-state index < -0.39 is 23.1 Å². The molecular formula is C36H42ClF2N7O3. The summed E-state index contributed by atoms with van der Waals surface area (Å²) in [7, 11) is 0. The molecule has 9 rings (SSSR count). The Kier molecular flexibility index (Phi) is 7.75. The first-order valence-corrected chi connectivity index (χ1v) is 18.2. The minimum absolute atomic E-state index is 0.0354. The quantitative estimate of drug-likeness (QED) is 0.226. The number of rotatable bonds is 7. The average Bonchev–Trinajstić information content (AvgIpc) is 3.60. The highest BCUT2D eigenvalue weighted by Gasteiger charge is 2.49. The van der Waals surface area contributed by atoms with E-state index in [4.69, 9.17) is 41.1 Å². The van der Waals surface area contributed by atoms with Crippen LogP contribution in [0, 0.1) is 5.82 Å². The van der Waals surface area contributed by atoms with Crippen LogP contribution in [-0.2, 0) is 4.74 Å². The number of pyridine rings is 1. The van der Waals surface area contributed by atoms with Gasteiger partial charge in [-0.05, 0) is 88.8 Å². The van der Waals surface area contributed by atoms with Crippen molar-refractivity contribution in [2.45, 2.75) is 101 Å². The van der Waals surface area contributed by atoms with Crippen molar-refractivity contribution >= 4 is 39.2 Å². The Labute approximate surface area is 288 Å². The Balaban J connectivity index is 1.19. The molecule has 1 aromatic carbocycles. The van der Waals surface area contributed by atoms with Crippen molar-refractivity contribution in [2.75, 3.05) is 44.3 Å². The van der Waals surface area contributed by atoms with E-state index in [9.17, 15) is 9.50 Å². The number of β-amino-alcohol motifs (C(OH)–C–C–N with tert-alkyl or cyclic N) is 1. The van der Waals surface area contributed by atoms with E-state index >= 15 is 4.39 Å². The van der Waals surface area contributed by atoms with Crippen LogP contribution in [0.5, 0.6) is 6.01 Å². The molecule has 4 aromatic rings. The monoisotopic (exact) mass is 693 g/mol. The Bertz CT molecular complexity index is 1930. The largest absolute Gasteiger partial charge is 0.461 e. The van der Waals surface area contributed by atoms with Gasteiger partial charge in [-0.2, -0.15) is 15.1 Å². The fourth-order valence-electron chi connectivity index (χ4n) is 8.89. The lowest BCUT2D eigenvalue weighted by molar-refractivity contribution is -0.0366. The van der Waals surface area contributed by atoms with Crippen LogP contribution in [0.4, 0.5) is 14.6 Å². The number of hydrogen-bond donors (Lipinski definition) is 1. The molecule has 1 saturated carbocycles. The van der Waals surface area contributed by atoms with E-state index in [1.165, 1.54) is 0 Å². The summed E-state index contributed by atoms with van der Waals surface area (Å²) in [6.07, 6.45) is 10.7. The highest BCUT2D eigenvalue weighted by Crippen LogP contribution is 2.51. The lowest BCUT2D eigenvalue weighted by Gasteiger charge is -2.38. The third-order valence-electron chi connectivity index (χ3n) is 11.4. The Morgan fingerprint density at radius 2 is 1.94 bits per heavy atom. The van der Waals surface area contributed by atoms with Crippen molar-refractivity contribution in [3.63, 3.8) is 0 Å². The molecule has 3 aromatic heterocycles. The third-order valence-corrected chi connectivity index (χ3v) is 11.7. The summed E-state index contributed by atoms with van der Waals surface area (Å²) in [5.41, 5.74) is 1.19. The summed E-state index contributed by atoms with van der Waals surface area (Å²) >= 11 is 7.03. The summed E-state index contributed by atoms with van der Waals surface area (Å²) in [4.78, 5) is 18.4. The number of aliphatic hydroxyl groups is 1. The summed E-state index contributed by atoms with van der Waals surface area (Å²) < 4.78 is 46.1. The van der Waals surface area contributed by atoms with Crippen LogP contribution < -0.4 is 9.64 Å². The normalized spacial score (nSPS) is 29.3. The maximum atomic E-state index is 17.3. The number of piperidine rings is 1.